The Morgan fingerprint density at radius 2 is 1.91 bits per heavy atom. The summed E-state index contributed by atoms with van der Waals surface area (Å²) in [6.07, 6.45) is 1.73. The Morgan fingerprint density at radius 3 is 2.57 bits per heavy atom. The summed E-state index contributed by atoms with van der Waals surface area (Å²) < 4.78 is 10.8. The first-order valence-electron chi connectivity index (χ1n) is 7.34. The maximum atomic E-state index is 5.72. The van der Waals surface area contributed by atoms with E-state index >= 15 is 0 Å². The number of aryl methyl sites for hydroxylation is 1. The fourth-order valence-corrected chi connectivity index (χ4v) is 2.22. The molecule has 1 atom stereocenters. The number of hydrogen-bond donors (Lipinski definition) is 2. The highest BCUT2D eigenvalue weighted by molar-refractivity contribution is 7.80. The Morgan fingerprint density at radius 1 is 1.22 bits per heavy atom. The summed E-state index contributed by atoms with van der Waals surface area (Å²) in [5.74, 6) is 2.35. The van der Waals surface area contributed by atoms with Gasteiger partial charge in [0, 0.05) is 6.20 Å². The number of methoxy groups -OCH3 is 1. The Labute approximate surface area is 142 Å². The van der Waals surface area contributed by atoms with E-state index in [4.69, 9.17) is 21.7 Å². The van der Waals surface area contributed by atoms with Gasteiger partial charge in [-0.05, 0) is 62.0 Å². The Balaban J connectivity index is 1.78. The van der Waals surface area contributed by atoms with Crippen molar-refractivity contribution in [1.82, 2.24) is 10.3 Å². The minimum atomic E-state index is 0.0566. The topological polar surface area (TPSA) is 55.4 Å². The average Bonchev–Trinajstić information content (AvgIpc) is 2.55. The van der Waals surface area contributed by atoms with Gasteiger partial charge in [0.05, 0.1) is 13.2 Å². The third-order valence-electron chi connectivity index (χ3n) is 3.18. The van der Waals surface area contributed by atoms with E-state index < -0.39 is 0 Å². The number of ether oxygens (including phenoxy) is 2. The lowest BCUT2D eigenvalue weighted by atomic mass is 10.3. The van der Waals surface area contributed by atoms with Gasteiger partial charge in [0.2, 0.25) is 0 Å². The van der Waals surface area contributed by atoms with Gasteiger partial charge in [-0.1, -0.05) is 6.07 Å². The first-order chi connectivity index (χ1) is 11.1. The summed E-state index contributed by atoms with van der Waals surface area (Å²) in [5.41, 5.74) is 1.04. The second-order valence-electron chi connectivity index (χ2n) is 5.15. The summed E-state index contributed by atoms with van der Waals surface area (Å²) in [5, 5.41) is 6.80. The molecule has 0 bridgehead atoms. The van der Waals surface area contributed by atoms with Crippen molar-refractivity contribution in [2.75, 3.05) is 19.0 Å². The van der Waals surface area contributed by atoms with E-state index in [1.165, 1.54) is 0 Å². The van der Waals surface area contributed by atoms with Crippen LogP contribution in [0.15, 0.2) is 42.6 Å². The molecule has 0 aliphatic rings. The lowest BCUT2D eigenvalue weighted by Crippen LogP contribution is -2.39. The smallest absolute Gasteiger partial charge is 0.172 e. The van der Waals surface area contributed by atoms with Crippen LogP contribution in [-0.4, -0.2) is 29.9 Å². The third kappa shape index (κ3) is 5.41. The number of anilines is 1. The first kappa shape index (κ1) is 17.0. The van der Waals surface area contributed by atoms with Crippen molar-refractivity contribution in [3.8, 4) is 11.5 Å². The van der Waals surface area contributed by atoms with Crippen LogP contribution in [0.1, 0.15) is 12.5 Å². The molecule has 1 aromatic heterocycles. The van der Waals surface area contributed by atoms with Crippen molar-refractivity contribution in [1.29, 1.82) is 0 Å². The molecule has 2 N–H and O–H groups in total. The molecule has 23 heavy (non-hydrogen) atoms. The largest absolute Gasteiger partial charge is 0.497 e. The van der Waals surface area contributed by atoms with Crippen LogP contribution < -0.4 is 20.1 Å². The molecule has 0 saturated heterocycles. The average molecular weight is 331 g/mol. The Kier molecular flexibility index (Phi) is 6.17. The van der Waals surface area contributed by atoms with Gasteiger partial charge in [-0.2, -0.15) is 0 Å². The van der Waals surface area contributed by atoms with Crippen LogP contribution in [0.3, 0.4) is 0 Å². The zero-order valence-corrected chi connectivity index (χ0v) is 14.3. The van der Waals surface area contributed by atoms with E-state index in [0.29, 0.717) is 11.7 Å². The molecule has 0 radical (unpaired) electrons. The van der Waals surface area contributed by atoms with Crippen molar-refractivity contribution in [2.24, 2.45) is 0 Å². The van der Waals surface area contributed by atoms with Crippen molar-refractivity contribution in [3.63, 3.8) is 0 Å². The molecule has 2 rings (SSSR count). The quantitative estimate of drug-likeness (QED) is 0.793. The SMILES string of the molecule is COc1ccc(OCC(C)NC(=S)Nc2ncccc2C)cc1. The molecular formula is C17H21N3O2S. The minimum Gasteiger partial charge on any atom is -0.497 e. The number of benzene rings is 1. The molecule has 0 saturated carbocycles. The first-order valence-corrected chi connectivity index (χ1v) is 7.75. The van der Waals surface area contributed by atoms with E-state index in [1.54, 1.807) is 13.3 Å². The van der Waals surface area contributed by atoms with Crippen LogP contribution in [0.5, 0.6) is 11.5 Å². The molecule has 122 valence electrons. The van der Waals surface area contributed by atoms with E-state index in [-0.39, 0.29) is 6.04 Å². The van der Waals surface area contributed by atoms with Crippen LogP contribution in [0, 0.1) is 6.92 Å². The number of rotatable bonds is 6. The summed E-state index contributed by atoms with van der Waals surface area (Å²) in [7, 11) is 1.64. The van der Waals surface area contributed by atoms with Crippen LogP contribution in [0.4, 0.5) is 5.82 Å². The predicted molar refractivity (Wildman–Crippen MR) is 96.3 cm³/mol. The molecule has 1 unspecified atom stereocenters. The van der Waals surface area contributed by atoms with Gasteiger partial charge >= 0.3 is 0 Å². The summed E-state index contributed by atoms with van der Waals surface area (Å²) in [4.78, 5) is 4.25. The molecule has 0 aliphatic heterocycles. The molecular weight excluding hydrogens is 310 g/mol. The van der Waals surface area contributed by atoms with Gasteiger partial charge < -0.3 is 20.1 Å². The molecule has 0 spiro atoms. The molecule has 6 heteroatoms. The normalized spacial score (nSPS) is 11.4. The summed E-state index contributed by atoms with van der Waals surface area (Å²) in [6.45, 7) is 4.48. The number of pyridine rings is 1. The summed E-state index contributed by atoms with van der Waals surface area (Å²) >= 11 is 5.30. The van der Waals surface area contributed by atoms with Crippen LogP contribution in [0.2, 0.25) is 0 Å². The lowest BCUT2D eigenvalue weighted by molar-refractivity contribution is 0.286. The Hall–Kier alpha value is -2.34. The molecule has 0 amide bonds. The van der Waals surface area contributed by atoms with Gasteiger partial charge in [0.25, 0.3) is 0 Å². The molecule has 0 aliphatic carbocycles. The van der Waals surface area contributed by atoms with E-state index in [2.05, 4.69) is 15.6 Å². The molecule has 1 heterocycles. The zero-order valence-electron chi connectivity index (χ0n) is 13.5. The highest BCUT2D eigenvalue weighted by Crippen LogP contribution is 2.17. The second kappa shape index (κ2) is 8.33. The maximum absolute atomic E-state index is 5.72. The number of nitrogens with zero attached hydrogens (tertiary/aromatic N) is 1. The van der Waals surface area contributed by atoms with Gasteiger partial charge in [-0.25, -0.2) is 4.98 Å². The fraction of sp³-hybridized carbons (Fsp3) is 0.294. The van der Waals surface area contributed by atoms with Crippen molar-refractivity contribution in [2.45, 2.75) is 19.9 Å². The monoisotopic (exact) mass is 331 g/mol. The standard InChI is InChI=1S/C17H21N3O2S/c1-12-5-4-10-18-16(12)20-17(23)19-13(2)11-22-15-8-6-14(21-3)7-9-15/h4-10,13H,11H2,1-3H3,(H2,18,19,20,23). The molecule has 0 fully saturated rings. The Bertz CT molecular complexity index is 647. The van der Waals surface area contributed by atoms with Gasteiger partial charge in [-0.15, -0.1) is 0 Å². The summed E-state index contributed by atoms with van der Waals surface area (Å²) in [6, 6.07) is 11.4. The third-order valence-corrected chi connectivity index (χ3v) is 3.40. The van der Waals surface area contributed by atoms with Gasteiger partial charge in [0.1, 0.15) is 23.9 Å². The van der Waals surface area contributed by atoms with E-state index in [1.807, 2.05) is 50.2 Å². The number of hydrogen-bond acceptors (Lipinski definition) is 4. The van der Waals surface area contributed by atoms with Crippen molar-refractivity contribution in [3.05, 3.63) is 48.2 Å². The van der Waals surface area contributed by atoms with Gasteiger partial charge in [-0.3, -0.25) is 0 Å². The van der Waals surface area contributed by atoms with Crippen LogP contribution in [-0.2, 0) is 0 Å². The minimum absolute atomic E-state index is 0.0566. The second-order valence-corrected chi connectivity index (χ2v) is 5.56. The van der Waals surface area contributed by atoms with Gasteiger partial charge in [0.15, 0.2) is 5.11 Å². The molecule has 1 aromatic carbocycles. The fourth-order valence-electron chi connectivity index (χ4n) is 1.92. The van der Waals surface area contributed by atoms with E-state index in [9.17, 15) is 0 Å². The van der Waals surface area contributed by atoms with E-state index in [0.717, 1.165) is 22.9 Å². The number of aromatic nitrogens is 1. The van der Waals surface area contributed by atoms with Crippen LogP contribution in [0.25, 0.3) is 0 Å². The molecule has 2 aromatic rings. The highest BCUT2D eigenvalue weighted by atomic mass is 32.1. The lowest BCUT2D eigenvalue weighted by Gasteiger charge is -2.18. The van der Waals surface area contributed by atoms with Crippen molar-refractivity contribution < 1.29 is 9.47 Å². The van der Waals surface area contributed by atoms with Crippen LogP contribution >= 0.6 is 12.2 Å². The van der Waals surface area contributed by atoms with Crippen molar-refractivity contribution >= 4 is 23.1 Å². The molecule has 5 nitrogen and oxygen atoms in total. The zero-order chi connectivity index (χ0) is 16.7. The predicted octanol–water partition coefficient (Wildman–Crippen LogP) is 3.15. The maximum Gasteiger partial charge on any atom is 0.172 e. The number of nitrogens with one attached hydrogen (secondary N) is 2. The highest BCUT2D eigenvalue weighted by Gasteiger charge is 2.07. The number of thiocarbonyl (C=S) groups is 1.